The number of amides is 1. The molecule has 1 aliphatic rings. The van der Waals surface area contributed by atoms with Gasteiger partial charge in [0.15, 0.2) is 0 Å². The summed E-state index contributed by atoms with van der Waals surface area (Å²) in [6, 6.07) is 3.76. The lowest BCUT2D eigenvalue weighted by atomic mass is 9.95. The number of carbonyl (C=O) groups excluding carboxylic acids is 1. The molecule has 2 aromatic rings. The van der Waals surface area contributed by atoms with E-state index in [9.17, 15) is 4.79 Å². The first kappa shape index (κ1) is 12.4. The van der Waals surface area contributed by atoms with Crippen molar-refractivity contribution in [2.24, 2.45) is 0 Å². The number of pyridine rings is 1. The van der Waals surface area contributed by atoms with Gasteiger partial charge in [0.2, 0.25) is 0 Å². The van der Waals surface area contributed by atoms with Crippen molar-refractivity contribution in [2.45, 2.75) is 25.7 Å². The fraction of sp³-hybridized carbons (Fsp3) is 0.333. The van der Waals surface area contributed by atoms with E-state index in [0.29, 0.717) is 0 Å². The van der Waals surface area contributed by atoms with Gasteiger partial charge in [0.25, 0.3) is 5.91 Å². The van der Waals surface area contributed by atoms with Crippen LogP contribution in [0.5, 0.6) is 0 Å². The van der Waals surface area contributed by atoms with Crippen molar-refractivity contribution in [1.82, 2.24) is 4.98 Å². The van der Waals surface area contributed by atoms with Crippen LogP contribution >= 0.6 is 11.3 Å². The fourth-order valence-electron chi connectivity index (χ4n) is 2.52. The normalized spacial score (nSPS) is 13.9. The second-order valence-electron chi connectivity index (χ2n) is 4.83. The highest BCUT2D eigenvalue weighted by molar-refractivity contribution is 7.10. The molecule has 1 amide bonds. The second-order valence-corrected chi connectivity index (χ2v) is 5.80. The summed E-state index contributed by atoms with van der Waals surface area (Å²) in [6.07, 6.45) is 8.05. The topological polar surface area (TPSA) is 33.2 Å². The molecule has 0 aliphatic heterocycles. The maximum absolute atomic E-state index is 12.6. The minimum atomic E-state index is 0.0763. The van der Waals surface area contributed by atoms with Gasteiger partial charge in [-0.25, -0.2) is 0 Å². The first-order chi connectivity index (χ1) is 9.27. The van der Waals surface area contributed by atoms with Crippen LogP contribution in [0.3, 0.4) is 0 Å². The van der Waals surface area contributed by atoms with Gasteiger partial charge in [-0.05, 0) is 43.4 Å². The number of nitrogens with zero attached hydrogens (tertiary/aromatic N) is 2. The molecular formula is C15H16N2OS. The lowest BCUT2D eigenvalue weighted by Gasteiger charge is -2.18. The van der Waals surface area contributed by atoms with Gasteiger partial charge in [0.1, 0.15) is 0 Å². The van der Waals surface area contributed by atoms with Crippen LogP contribution in [0.1, 0.15) is 33.6 Å². The van der Waals surface area contributed by atoms with Gasteiger partial charge in [-0.2, -0.15) is 0 Å². The van der Waals surface area contributed by atoms with Crippen molar-refractivity contribution in [2.75, 3.05) is 11.9 Å². The van der Waals surface area contributed by atoms with Crippen LogP contribution in [-0.2, 0) is 12.8 Å². The van der Waals surface area contributed by atoms with Crippen molar-refractivity contribution in [3.63, 3.8) is 0 Å². The zero-order chi connectivity index (χ0) is 13.2. The van der Waals surface area contributed by atoms with Crippen molar-refractivity contribution in [3.8, 4) is 0 Å². The highest BCUT2D eigenvalue weighted by Gasteiger charge is 2.22. The number of rotatable bonds is 2. The number of anilines is 1. The summed E-state index contributed by atoms with van der Waals surface area (Å²) >= 11 is 1.73. The van der Waals surface area contributed by atoms with Crippen molar-refractivity contribution in [3.05, 3.63) is 45.9 Å². The summed E-state index contributed by atoms with van der Waals surface area (Å²) in [5.74, 6) is 0.0763. The summed E-state index contributed by atoms with van der Waals surface area (Å²) in [7, 11) is 1.81. The van der Waals surface area contributed by atoms with E-state index in [1.165, 1.54) is 23.3 Å². The third-order valence-electron chi connectivity index (χ3n) is 3.63. The van der Waals surface area contributed by atoms with E-state index in [4.69, 9.17) is 0 Å². The molecule has 19 heavy (non-hydrogen) atoms. The largest absolute Gasteiger partial charge is 0.310 e. The summed E-state index contributed by atoms with van der Waals surface area (Å²) < 4.78 is 0. The van der Waals surface area contributed by atoms with Gasteiger partial charge in [0, 0.05) is 23.5 Å². The van der Waals surface area contributed by atoms with Crippen LogP contribution in [0, 0.1) is 0 Å². The zero-order valence-corrected chi connectivity index (χ0v) is 11.7. The van der Waals surface area contributed by atoms with Crippen molar-refractivity contribution >= 4 is 22.9 Å². The first-order valence-corrected chi connectivity index (χ1v) is 7.42. The average Bonchev–Trinajstić information content (AvgIpc) is 2.90. The van der Waals surface area contributed by atoms with Crippen LogP contribution in [-0.4, -0.2) is 17.9 Å². The fourth-order valence-corrected chi connectivity index (χ4v) is 3.64. The first-order valence-electron chi connectivity index (χ1n) is 6.54. The maximum Gasteiger partial charge on any atom is 0.259 e. The number of aryl methyl sites for hydroxylation is 1. The third-order valence-corrected chi connectivity index (χ3v) is 4.72. The number of hydrogen-bond acceptors (Lipinski definition) is 3. The van der Waals surface area contributed by atoms with Gasteiger partial charge in [-0.3, -0.25) is 9.78 Å². The van der Waals surface area contributed by atoms with E-state index in [2.05, 4.69) is 4.98 Å². The van der Waals surface area contributed by atoms with Crippen LogP contribution in [0.25, 0.3) is 0 Å². The molecule has 3 rings (SSSR count). The van der Waals surface area contributed by atoms with E-state index in [1.54, 1.807) is 28.6 Å². The second kappa shape index (κ2) is 5.13. The molecular weight excluding hydrogens is 256 g/mol. The lowest BCUT2D eigenvalue weighted by molar-refractivity contribution is 0.0992. The molecule has 0 atom stereocenters. The standard InChI is InChI=1S/C15H16N2OS/c1-17(11-5-4-8-16-9-11)15(18)13-10-19-14-7-3-2-6-12(13)14/h4-5,8-10H,2-3,6-7H2,1H3. The molecule has 0 aromatic carbocycles. The van der Waals surface area contributed by atoms with Crippen molar-refractivity contribution < 1.29 is 4.79 Å². The molecule has 3 nitrogen and oxygen atoms in total. The number of carbonyl (C=O) groups is 1. The van der Waals surface area contributed by atoms with Crippen LogP contribution in [0.4, 0.5) is 5.69 Å². The Hall–Kier alpha value is -1.68. The van der Waals surface area contributed by atoms with Crippen LogP contribution < -0.4 is 4.90 Å². The Morgan fingerprint density at radius 2 is 2.21 bits per heavy atom. The summed E-state index contributed by atoms with van der Waals surface area (Å²) in [4.78, 5) is 19.7. The molecule has 4 heteroatoms. The Morgan fingerprint density at radius 3 is 3.00 bits per heavy atom. The molecule has 2 heterocycles. The van der Waals surface area contributed by atoms with E-state index in [1.807, 2.05) is 24.6 Å². The van der Waals surface area contributed by atoms with E-state index in [-0.39, 0.29) is 5.91 Å². The Morgan fingerprint density at radius 1 is 1.37 bits per heavy atom. The van der Waals surface area contributed by atoms with E-state index >= 15 is 0 Å². The summed E-state index contributed by atoms with van der Waals surface area (Å²) in [6.45, 7) is 0. The molecule has 0 unspecified atom stereocenters. The lowest BCUT2D eigenvalue weighted by Crippen LogP contribution is -2.27. The highest BCUT2D eigenvalue weighted by atomic mass is 32.1. The van der Waals surface area contributed by atoms with Crippen molar-refractivity contribution in [1.29, 1.82) is 0 Å². The molecule has 98 valence electrons. The number of thiophene rings is 1. The van der Waals surface area contributed by atoms with Crippen LogP contribution in [0.2, 0.25) is 0 Å². The molecule has 0 spiro atoms. The van der Waals surface area contributed by atoms with Crippen LogP contribution in [0.15, 0.2) is 29.9 Å². The molecule has 0 radical (unpaired) electrons. The highest BCUT2D eigenvalue weighted by Crippen LogP contribution is 2.31. The molecule has 0 fully saturated rings. The zero-order valence-electron chi connectivity index (χ0n) is 10.9. The maximum atomic E-state index is 12.6. The van der Waals surface area contributed by atoms with Gasteiger partial charge < -0.3 is 4.90 Å². The number of aromatic nitrogens is 1. The molecule has 2 aromatic heterocycles. The Labute approximate surface area is 116 Å². The minimum Gasteiger partial charge on any atom is -0.310 e. The summed E-state index contributed by atoms with van der Waals surface area (Å²) in [5, 5.41) is 2.02. The third kappa shape index (κ3) is 2.28. The van der Waals surface area contributed by atoms with E-state index in [0.717, 1.165) is 24.1 Å². The summed E-state index contributed by atoms with van der Waals surface area (Å²) in [5.41, 5.74) is 2.99. The molecule has 0 saturated heterocycles. The Bertz CT molecular complexity index is 591. The Kier molecular flexibility index (Phi) is 3.34. The molecule has 0 N–H and O–H groups in total. The predicted octanol–water partition coefficient (Wildman–Crippen LogP) is 3.30. The average molecular weight is 272 g/mol. The minimum absolute atomic E-state index is 0.0763. The monoisotopic (exact) mass is 272 g/mol. The van der Waals surface area contributed by atoms with Gasteiger partial charge in [-0.1, -0.05) is 0 Å². The van der Waals surface area contributed by atoms with E-state index < -0.39 is 0 Å². The van der Waals surface area contributed by atoms with Gasteiger partial charge in [-0.15, -0.1) is 11.3 Å². The smallest absolute Gasteiger partial charge is 0.259 e. The molecule has 0 saturated carbocycles. The molecule has 1 aliphatic carbocycles. The van der Waals surface area contributed by atoms with Gasteiger partial charge in [0.05, 0.1) is 17.4 Å². The number of fused-ring (bicyclic) bond motifs is 1. The predicted molar refractivity (Wildman–Crippen MR) is 77.9 cm³/mol. The Balaban J connectivity index is 1.90. The SMILES string of the molecule is CN(C(=O)c1csc2c1CCCC2)c1cccnc1. The van der Waals surface area contributed by atoms with Gasteiger partial charge >= 0.3 is 0 Å². The number of hydrogen-bond donors (Lipinski definition) is 0. The quantitative estimate of drug-likeness (QED) is 0.840. The molecule has 0 bridgehead atoms.